The van der Waals surface area contributed by atoms with Gasteiger partial charge in [0.1, 0.15) is 28.8 Å². The van der Waals surface area contributed by atoms with Gasteiger partial charge in [0.25, 0.3) is 5.91 Å². The molecule has 1 amide bonds. The number of rotatable bonds is 4. The number of aromatic amines is 1. The number of methoxy groups -OCH3 is 1. The number of anilines is 1. The third-order valence-corrected chi connectivity index (χ3v) is 4.85. The van der Waals surface area contributed by atoms with Crippen molar-refractivity contribution in [3.8, 4) is 17.0 Å². The van der Waals surface area contributed by atoms with E-state index in [0.29, 0.717) is 25.3 Å². The Morgan fingerprint density at radius 2 is 1.93 bits per heavy atom. The summed E-state index contributed by atoms with van der Waals surface area (Å²) < 4.78 is 7.46. The number of benzene rings is 1. The van der Waals surface area contributed by atoms with Crippen LogP contribution in [0.1, 0.15) is 37.1 Å². The van der Waals surface area contributed by atoms with Crippen LogP contribution in [0.3, 0.4) is 0 Å². The Hall–Kier alpha value is -3.29. The van der Waals surface area contributed by atoms with Gasteiger partial charge in [0.15, 0.2) is 0 Å². The molecule has 2 aromatic heterocycles. The average Bonchev–Trinajstić information content (AvgIpc) is 3.35. The number of nitrogens with zero attached hydrogens (tertiary/aromatic N) is 4. The normalized spacial score (nSPS) is 13.9. The van der Waals surface area contributed by atoms with Gasteiger partial charge in [0, 0.05) is 30.4 Å². The van der Waals surface area contributed by atoms with Crippen molar-refractivity contribution < 1.29 is 9.53 Å². The molecule has 3 aromatic rings. The molecule has 1 aromatic carbocycles. The quantitative estimate of drug-likeness (QED) is 0.710. The molecule has 8 heteroatoms. The Labute approximate surface area is 169 Å². The topological polar surface area (TPSA) is 88.1 Å². The van der Waals surface area contributed by atoms with E-state index in [0.717, 1.165) is 28.6 Å². The number of carbonyl (C=O) groups excluding carboxylic acids is 1. The van der Waals surface area contributed by atoms with E-state index >= 15 is 0 Å². The number of amides is 1. The lowest BCUT2D eigenvalue weighted by atomic mass is 10.1. The Balaban J connectivity index is 1.70. The molecule has 2 N–H and O–H groups in total. The average molecular weight is 394 g/mol. The maximum atomic E-state index is 12.7. The van der Waals surface area contributed by atoms with Crippen LogP contribution in [0.2, 0.25) is 0 Å². The molecule has 3 heterocycles. The SMILES string of the molecule is COc1ccc(-c2nc3n(c2NC(C)(C)C)CCN(C(=O)c2ccn[nH]2)C3)cc1. The summed E-state index contributed by atoms with van der Waals surface area (Å²) in [5, 5.41) is 10.2. The molecule has 29 heavy (non-hydrogen) atoms. The number of imidazole rings is 1. The van der Waals surface area contributed by atoms with Gasteiger partial charge in [-0.15, -0.1) is 0 Å². The van der Waals surface area contributed by atoms with Crippen molar-refractivity contribution in [2.24, 2.45) is 0 Å². The van der Waals surface area contributed by atoms with Crippen molar-refractivity contribution in [3.63, 3.8) is 0 Å². The molecule has 1 aliphatic heterocycles. The van der Waals surface area contributed by atoms with Gasteiger partial charge < -0.3 is 19.5 Å². The highest BCUT2D eigenvalue weighted by Crippen LogP contribution is 2.33. The molecule has 0 unspecified atom stereocenters. The van der Waals surface area contributed by atoms with Gasteiger partial charge in [-0.25, -0.2) is 4.98 Å². The first-order valence-corrected chi connectivity index (χ1v) is 9.66. The molecular weight excluding hydrogens is 368 g/mol. The lowest BCUT2D eigenvalue weighted by Crippen LogP contribution is -2.39. The standard InChI is InChI=1S/C21H26N6O2/c1-21(2,3)24-19-18(14-5-7-15(29-4)8-6-14)23-17-13-26(11-12-27(17)19)20(28)16-9-10-22-25-16/h5-10,24H,11-13H2,1-4H3,(H,22,25). The van der Waals surface area contributed by atoms with Crippen LogP contribution in [0.15, 0.2) is 36.5 Å². The zero-order chi connectivity index (χ0) is 20.6. The summed E-state index contributed by atoms with van der Waals surface area (Å²) in [7, 11) is 1.65. The number of H-pyrrole nitrogens is 1. The first kappa shape index (κ1) is 19.0. The molecule has 0 atom stereocenters. The summed E-state index contributed by atoms with van der Waals surface area (Å²) >= 11 is 0. The van der Waals surface area contributed by atoms with E-state index in [1.165, 1.54) is 0 Å². The lowest BCUT2D eigenvalue weighted by Gasteiger charge is -2.30. The van der Waals surface area contributed by atoms with Crippen LogP contribution in [0.5, 0.6) is 5.75 Å². The van der Waals surface area contributed by atoms with Gasteiger partial charge >= 0.3 is 0 Å². The number of ether oxygens (including phenoxy) is 1. The zero-order valence-corrected chi connectivity index (χ0v) is 17.2. The second-order valence-electron chi connectivity index (χ2n) is 8.18. The minimum Gasteiger partial charge on any atom is -0.497 e. The lowest BCUT2D eigenvalue weighted by molar-refractivity contribution is 0.0702. The predicted octanol–water partition coefficient (Wildman–Crippen LogP) is 3.15. The number of nitrogens with one attached hydrogen (secondary N) is 2. The highest BCUT2D eigenvalue weighted by atomic mass is 16.5. The monoisotopic (exact) mass is 394 g/mol. The van der Waals surface area contributed by atoms with E-state index in [1.54, 1.807) is 24.3 Å². The van der Waals surface area contributed by atoms with Crippen LogP contribution in [0, 0.1) is 0 Å². The fraction of sp³-hybridized carbons (Fsp3) is 0.381. The van der Waals surface area contributed by atoms with Crippen LogP contribution >= 0.6 is 0 Å². The molecule has 0 spiro atoms. The highest BCUT2D eigenvalue weighted by Gasteiger charge is 2.29. The van der Waals surface area contributed by atoms with Crippen molar-refractivity contribution in [1.82, 2.24) is 24.6 Å². The summed E-state index contributed by atoms with van der Waals surface area (Å²) in [5.41, 5.74) is 2.26. The zero-order valence-electron chi connectivity index (χ0n) is 17.2. The van der Waals surface area contributed by atoms with Crippen LogP contribution in [-0.4, -0.2) is 49.7 Å². The van der Waals surface area contributed by atoms with Gasteiger partial charge in [-0.2, -0.15) is 5.10 Å². The first-order chi connectivity index (χ1) is 13.9. The Bertz CT molecular complexity index is 999. The van der Waals surface area contributed by atoms with Gasteiger partial charge in [0.05, 0.1) is 13.7 Å². The Morgan fingerprint density at radius 3 is 2.55 bits per heavy atom. The van der Waals surface area contributed by atoms with Crippen LogP contribution < -0.4 is 10.1 Å². The third-order valence-electron chi connectivity index (χ3n) is 4.85. The highest BCUT2D eigenvalue weighted by molar-refractivity contribution is 5.92. The van der Waals surface area contributed by atoms with Crippen molar-refractivity contribution in [1.29, 1.82) is 0 Å². The number of fused-ring (bicyclic) bond motifs is 1. The summed E-state index contributed by atoms with van der Waals surface area (Å²) in [6.45, 7) is 8.12. The van der Waals surface area contributed by atoms with E-state index < -0.39 is 0 Å². The van der Waals surface area contributed by atoms with Gasteiger partial charge in [-0.1, -0.05) is 0 Å². The van der Waals surface area contributed by atoms with Crippen molar-refractivity contribution in [3.05, 3.63) is 48.0 Å². The van der Waals surface area contributed by atoms with Gasteiger partial charge in [-0.05, 0) is 51.1 Å². The molecule has 0 aliphatic carbocycles. The van der Waals surface area contributed by atoms with Gasteiger partial charge in [-0.3, -0.25) is 9.89 Å². The van der Waals surface area contributed by atoms with E-state index in [-0.39, 0.29) is 11.4 Å². The molecule has 8 nitrogen and oxygen atoms in total. The van der Waals surface area contributed by atoms with E-state index in [9.17, 15) is 4.79 Å². The number of hydrogen-bond donors (Lipinski definition) is 2. The van der Waals surface area contributed by atoms with Crippen LogP contribution in [0.25, 0.3) is 11.3 Å². The Kier molecular flexibility index (Phi) is 4.77. The molecule has 152 valence electrons. The van der Waals surface area contributed by atoms with Crippen molar-refractivity contribution >= 4 is 11.7 Å². The summed E-state index contributed by atoms with van der Waals surface area (Å²) in [6.07, 6.45) is 1.59. The molecule has 0 radical (unpaired) electrons. The van der Waals surface area contributed by atoms with Crippen LogP contribution in [-0.2, 0) is 13.1 Å². The second-order valence-corrected chi connectivity index (χ2v) is 8.18. The van der Waals surface area contributed by atoms with E-state index in [2.05, 4.69) is 40.9 Å². The fourth-order valence-corrected chi connectivity index (χ4v) is 3.48. The number of aromatic nitrogens is 4. The smallest absolute Gasteiger partial charge is 0.272 e. The number of carbonyl (C=O) groups is 1. The van der Waals surface area contributed by atoms with E-state index in [1.807, 2.05) is 24.3 Å². The third kappa shape index (κ3) is 3.83. The van der Waals surface area contributed by atoms with E-state index in [4.69, 9.17) is 9.72 Å². The molecule has 0 bridgehead atoms. The van der Waals surface area contributed by atoms with Crippen LogP contribution in [0.4, 0.5) is 5.82 Å². The van der Waals surface area contributed by atoms with Gasteiger partial charge in [0.2, 0.25) is 0 Å². The summed E-state index contributed by atoms with van der Waals surface area (Å²) in [6, 6.07) is 9.58. The maximum absolute atomic E-state index is 12.7. The summed E-state index contributed by atoms with van der Waals surface area (Å²) in [5.74, 6) is 2.58. The molecule has 0 saturated carbocycles. The molecule has 0 saturated heterocycles. The fourth-order valence-electron chi connectivity index (χ4n) is 3.48. The molecular formula is C21H26N6O2. The molecule has 4 rings (SSSR count). The Morgan fingerprint density at radius 1 is 1.17 bits per heavy atom. The first-order valence-electron chi connectivity index (χ1n) is 9.66. The predicted molar refractivity (Wildman–Crippen MR) is 111 cm³/mol. The largest absolute Gasteiger partial charge is 0.497 e. The summed E-state index contributed by atoms with van der Waals surface area (Å²) in [4.78, 5) is 19.4. The maximum Gasteiger partial charge on any atom is 0.272 e. The minimum atomic E-state index is -0.124. The van der Waals surface area contributed by atoms with Crippen molar-refractivity contribution in [2.45, 2.75) is 39.4 Å². The minimum absolute atomic E-state index is 0.0620. The van der Waals surface area contributed by atoms with Crippen molar-refractivity contribution in [2.75, 3.05) is 19.0 Å². The number of hydrogen-bond acceptors (Lipinski definition) is 5. The molecule has 0 fully saturated rings. The molecule has 1 aliphatic rings. The second kappa shape index (κ2) is 7.27.